The number of nitrogens with two attached hydrogens (primary N) is 1. The number of hydrogen-bond donors (Lipinski definition) is 4. The Morgan fingerprint density at radius 1 is 1.10 bits per heavy atom. The number of carbonyl (C=O) groups excluding carboxylic acids is 5. The Morgan fingerprint density at radius 2 is 1.74 bits per heavy atom. The molecule has 218 valence electrons. The maximum atomic E-state index is 13.9. The SMILES string of the molecule is CCOC(=O)CCNC(=O)C(c1cccc(C)c1O)N(C(=O)C(CCC(N)=O)NC(=O)OC(C)(C)C)C(C)C. The van der Waals surface area contributed by atoms with E-state index in [0.29, 0.717) is 5.56 Å². The number of phenols is 1. The maximum Gasteiger partial charge on any atom is 0.408 e. The summed E-state index contributed by atoms with van der Waals surface area (Å²) in [6.45, 7) is 11.8. The van der Waals surface area contributed by atoms with E-state index in [2.05, 4.69) is 10.6 Å². The van der Waals surface area contributed by atoms with E-state index in [9.17, 15) is 29.1 Å². The van der Waals surface area contributed by atoms with Crippen LogP contribution in [0.1, 0.15) is 78.0 Å². The van der Waals surface area contributed by atoms with Crippen molar-refractivity contribution < 1.29 is 38.6 Å². The first-order valence-electron chi connectivity index (χ1n) is 12.9. The number of aryl methyl sites for hydroxylation is 1. The molecule has 4 amide bonds. The predicted octanol–water partition coefficient (Wildman–Crippen LogP) is 2.21. The molecule has 0 heterocycles. The predicted molar refractivity (Wildman–Crippen MR) is 143 cm³/mol. The number of ether oxygens (including phenoxy) is 2. The van der Waals surface area contributed by atoms with Crippen LogP contribution in [-0.2, 0) is 28.7 Å². The van der Waals surface area contributed by atoms with Crippen molar-refractivity contribution in [2.24, 2.45) is 5.73 Å². The molecule has 1 aromatic rings. The molecule has 0 radical (unpaired) electrons. The first kappa shape index (κ1) is 33.2. The van der Waals surface area contributed by atoms with Crippen molar-refractivity contribution in [2.45, 2.75) is 91.5 Å². The number of phenolic OH excluding ortho intramolecular Hbond substituents is 1. The van der Waals surface area contributed by atoms with Gasteiger partial charge in [-0.1, -0.05) is 18.2 Å². The second-order valence-corrected chi connectivity index (χ2v) is 10.3. The van der Waals surface area contributed by atoms with Gasteiger partial charge in [-0.25, -0.2) is 4.79 Å². The van der Waals surface area contributed by atoms with E-state index >= 15 is 0 Å². The number of benzene rings is 1. The second kappa shape index (κ2) is 14.9. The third-order valence-corrected chi connectivity index (χ3v) is 5.50. The topological polar surface area (TPSA) is 177 Å². The van der Waals surface area contributed by atoms with Crippen LogP contribution in [0.2, 0.25) is 0 Å². The molecule has 39 heavy (non-hydrogen) atoms. The van der Waals surface area contributed by atoms with Crippen molar-refractivity contribution in [3.8, 4) is 5.75 Å². The largest absolute Gasteiger partial charge is 0.507 e. The summed E-state index contributed by atoms with van der Waals surface area (Å²) in [5, 5.41) is 16.0. The Bertz CT molecular complexity index is 1040. The van der Waals surface area contributed by atoms with Gasteiger partial charge in [0.25, 0.3) is 0 Å². The number of aromatic hydroxyl groups is 1. The summed E-state index contributed by atoms with van der Waals surface area (Å²) in [7, 11) is 0. The zero-order valence-corrected chi connectivity index (χ0v) is 23.8. The van der Waals surface area contributed by atoms with Gasteiger partial charge in [-0.2, -0.15) is 0 Å². The minimum absolute atomic E-state index is 0.0673. The first-order chi connectivity index (χ1) is 18.1. The summed E-state index contributed by atoms with van der Waals surface area (Å²) >= 11 is 0. The quantitative estimate of drug-likeness (QED) is 0.270. The van der Waals surface area contributed by atoms with Crippen LogP contribution < -0.4 is 16.4 Å². The molecule has 0 saturated carbocycles. The van der Waals surface area contributed by atoms with Crippen LogP contribution in [0, 0.1) is 6.92 Å². The van der Waals surface area contributed by atoms with Gasteiger partial charge in [-0.3, -0.25) is 19.2 Å². The number of esters is 1. The zero-order valence-electron chi connectivity index (χ0n) is 23.8. The van der Waals surface area contributed by atoms with E-state index in [1.165, 1.54) is 11.0 Å². The highest BCUT2D eigenvalue weighted by Gasteiger charge is 2.39. The van der Waals surface area contributed by atoms with Crippen molar-refractivity contribution in [1.82, 2.24) is 15.5 Å². The zero-order chi connectivity index (χ0) is 29.9. The molecule has 0 saturated heterocycles. The fourth-order valence-electron chi connectivity index (χ4n) is 3.79. The van der Waals surface area contributed by atoms with E-state index in [1.54, 1.807) is 60.6 Å². The van der Waals surface area contributed by atoms with Crippen molar-refractivity contribution in [3.05, 3.63) is 29.3 Å². The molecule has 2 unspecified atom stereocenters. The fourth-order valence-corrected chi connectivity index (χ4v) is 3.79. The van der Waals surface area contributed by atoms with Gasteiger partial charge in [0.15, 0.2) is 0 Å². The molecule has 1 rings (SSSR count). The smallest absolute Gasteiger partial charge is 0.408 e. The van der Waals surface area contributed by atoms with Crippen LogP contribution in [0.3, 0.4) is 0 Å². The fraction of sp³-hybridized carbons (Fsp3) is 0.593. The van der Waals surface area contributed by atoms with Gasteiger partial charge < -0.3 is 35.8 Å². The molecular formula is C27H42N4O8. The van der Waals surface area contributed by atoms with Gasteiger partial charge in [0.05, 0.1) is 13.0 Å². The lowest BCUT2D eigenvalue weighted by Gasteiger charge is -2.37. The highest BCUT2D eigenvalue weighted by atomic mass is 16.6. The molecule has 2 atom stereocenters. The van der Waals surface area contributed by atoms with Gasteiger partial charge in [0.1, 0.15) is 23.4 Å². The second-order valence-electron chi connectivity index (χ2n) is 10.3. The molecule has 0 aliphatic heterocycles. The normalized spacial score (nSPS) is 12.7. The maximum absolute atomic E-state index is 13.9. The van der Waals surface area contributed by atoms with Crippen molar-refractivity contribution in [3.63, 3.8) is 0 Å². The van der Waals surface area contributed by atoms with Crippen LogP contribution in [0.4, 0.5) is 4.79 Å². The molecule has 0 aliphatic carbocycles. The molecule has 5 N–H and O–H groups in total. The van der Waals surface area contributed by atoms with Gasteiger partial charge >= 0.3 is 12.1 Å². The van der Waals surface area contributed by atoms with E-state index in [0.717, 1.165) is 0 Å². The number of primary amides is 1. The van der Waals surface area contributed by atoms with Crippen LogP contribution in [-0.4, -0.2) is 70.6 Å². The Balaban J connectivity index is 3.48. The minimum atomic E-state index is -1.34. The van der Waals surface area contributed by atoms with Crippen LogP contribution >= 0.6 is 0 Å². The van der Waals surface area contributed by atoms with E-state index in [-0.39, 0.29) is 43.7 Å². The van der Waals surface area contributed by atoms with Crippen molar-refractivity contribution in [2.75, 3.05) is 13.2 Å². The molecule has 0 spiro atoms. The van der Waals surface area contributed by atoms with Crippen molar-refractivity contribution >= 4 is 29.8 Å². The number of nitrogens with zero attached hydrogens (tertiary/aromatic N) is 1. The molecule has 1 aromatic carbocycles. The third-order valence-electron chi connectivity index (χ3n) is 5.50. The molecular weight excluding hydrogens is 508 g/mol. The number of carbonyl (C=O) groups is 5. The van der Waals surface area contributed by atoms with Gasteiger partial charge in [-0.05, 0) is 60.5 Å². The summed E-state index contributed by atoms with van der Waals surface area (Å²) in [6.07, 6.45) is -1.34. The molecule has 12 nitrogen and oxygen atoms in total. The average Bonchev–Trinajstić information content (AvgIpc) is 2.80. The summed E-state index contributed by atoms with van der Waals surface area (Å²) in [5.74, 6) is -2.72. The number of rotatable bonds is 13. The monoisotopic (exact) mass is 550 g/mol. The Kier molecular flexibility index (Phi) is 12.7. The highest BCUT2D eigenvalue weighted by Crippen LogP contribution is 2.33. The first-order valence-corrected chi connectivity index (χ1v) is 12.9. The van der Waals surface area contributed by atoms with Crippen LogP contribution in [0.5, 0.6) is 5.75 Å². The summed E-state index contributed by atoms with van der Waals surface area (Å²) < 4.78 is 10.2. The number of nitrogens with one attached hydrogen (secondary N) is 2. The van der Waals surface area contributed by atoms with E-state index < -0.39 is 53.5 Å². The van der Waals surface area contributed by atoms with E-state index in [1.807, 2.05) is 0 Å². The number of alkyl carbamates (subject to hydrolysis) is 1. The lowest BCUT2D eigenvalue weighted by molar-refractivity contribution is -0.146. The van der Waals surface area contributed by atoms with Crippen LogP contribution in [0.15, 0.2) is 18.2 Å². The lowest BCUT2D eigenvalue weighted by atomic mass is 9.97. The van der Waals surface area contributed by atoms with E-state index in [4.69, 9.17) is 15.2 Å². The summed E-state index contributed by atoms with van der Waals surface area (Å²) in [4.78, 5) is 64.6. The Hall–Kier alpha value is -3.83. The average molecular weight is 551 g/mol. The molecule has 0 bridgehead atoms. The summed E-state index contributed by atoms with van der Waals surface area (Å²) in [6, 6.07) is 1.59. The Morgan fingerprint density at radius 3 is 2.28 bits per heavy atom. The van der Waals surface area contributed by atoms with Gasteiger partial charge in [-0.15, -0.1) is 0 Å². The number of para-hydroxylation sites is 1. The molecule has 0 aliphatic rings. The molecule has 0 aromatic heterocycles. The summed E-state index contributed by atoms with van der Waals surface area (Å²) in [5.41, 5.74) is 5.08. The van der Waals surface area contributed by atoms with Crippen molar-refractivity contribution in [1.29, 1.82) is 0 Å². The van der Waals surface area contributed by atoms with Gasteiger partial charge in [0.2, 0.25) is 17.7 Å². The number of amides is 4. The molecule has 0 fully saturated rings. The standard InChI is InChI=1S/C27H42N4O8/c1-8-38-21(33)14-15-29-24(35)22(18-11-9-10-17(4)23(18)34)31(16(2)3)25(36)19(12-13-20(28)32)30-26(37)39-27(5,6)7/h9-11,16,19,22,34H,8,12-15H2,1-7H3,(H2,28,32)(H,29,35)(H,30,37). The molecule has 12 heteroatoms. The Labute approximate surface area is 229 Å². The third kappa shape index (κ3) is 10.8. The minimum Gasteiger partial charge on any atom is -0.507 e. The number of hydrogen-bond acceptors (Lipinski definition) is 8. The highest BCUT2D eigenvalue weighted by molar-refractivity contribution is 5.93. The van der Waals surface area contributed by atoms with Gasteiger partial charge in [0, 0.05) is 24.6 Å². The lowest BCUT2D eigenvalue weighted by Crippen LogP contribution is -2.55. The van der Waals surface area contributed by atoms with Crippen LogP contribution in [0.25, 0.3) is 0 Å².